The molecule has 5 nitrogen and oxygen atoms in total. The molecule has 0 aliphatic rings. The van der Waals surface area contributed by atoms with Crippen LogP contribution in [0.5, 0.6) is 5.75 Å². The summed E-state index contributed by atoms with van der Waals surface area (Å²) < 4.78 is 10.4. The Balaban J connectivity index is 1.79. The highest BCUT2D eigenvalue weighted by Crippen LogP contribution is 2.16. The van der Waals surface area contributed by atoms with Crippen LogP contribution < -0.4 is 10.1 Å². The molecule has 5 heteroatoms. The quantitative estimate of drug-likeness (QED) is 0.551. The molecule has 1 amide bonds. The van der Waals surface area contributed by atoms with Crippen molar-refractivity contribution in [3.63, 3.8) is 0 Å². The first-order valence-corrected chi connectivity index (χ1v) is 9.33. The standard InChI is InChI=1S/C23H27NO4/c1-5-27-21-11-7-19(8-12-21)9-13-23(26)28-15-22(25)24-18(4)20-10-6-16(2)17(3)14-20/h6-14,18H,5,15H2,1-4H3,(H,24,25)/b13-9+/t18-/m0/s1. The molecule has 0 aromatic heterocycles. The van der Waals surface area contributed by atoms with Gasteiger partial charge in [-0.1, -0.05) is 30.3 Å². The van der Waals surface area contributed by atoms with E-state index in [1.807, 2.05) is 70.2 Å². The van der Waals surface area contributed by atoms with E-state index in [9.17, 15) is 9.59 Å². The van der Waals surface area contributed by atoms with E-state index in [0.29, 0.717) is 6.61 Å². The Bertz CT molecular complexity index is 840. The van der Waals surface area contributed by atoms with Gasteiger partial charge in [-0.3, -0.25) is 4.79 Å². The van der Waals surface area contributed by atoms with Crippen molar-refractivity contribution < 1.29 is 19.1 Å². The Labute approximate surface area is 166 Å². The summed E-state index contributed by atoms with van der Waals surface area (Å²) in [5.41, 5.74) is 4.23. The third-order valence-electron chi connectivity index (χ3n) is 4.36. The summed E-state index contributed by atoms with van der Waals surface area (Å²) in [6, 6.07) is 13.2. The summed E-state index contributed by atoms with van der Waals surface area (Å²) in [6.07, 6.45) is 2.93. The molecule has 0 saturated heterocycles. The summed E-state index contributed by atoms with van der Waals surface area (Å²) in [7, 11) is 0. The molecule has 2 rings (SSSR count). The molecule has 0 heterocycles. The number of hydrogen-bond donors (Lipinski definition) is 1. The second-order valence-electron chi connectivity index (χ2n) is 6.58. The fraction of sp³-hybridized carbons (Fsp3) is 0.304. The number of hydrogen-bond acceptors (Lipinski definition) is 4. The minimum Gasteiger partial charge on any atom is -0.494 e. The second-order valence-corrected chi connectivity index (χ2v) is 6.58. The van der Waals surface area contributed by atoms with Gasteiger partial charge in [0.25, 0.3) is 5.91 Å². The summed E-state index contributed by atoms with van der Waals surface area (Å²) in [6.45, 7) is 8.18. The minimum absolute atomic E-state index is 0.162. The molecule has 0 spiro atoms. The fourth-order valence-corrected chi connectivity index (χ4v) is 2.59. The maximum Gasteiger partial charge on any atom is 0.331 e. The second kappa shape index (κ2) is 10.3. The number of benzene rings is 2. The number of amides is 1. The van der Waals surface area contributed by atoms with Crippen molar-refractivity contribution in [3.8, 4) is 5.75 Å². The lowest BCUT2D eigenvalue weighted by molar-refractivity contribution is -0.144. The molecule has 0 fully saturated rings. The van der Waals surface area contributed by atoms with Gasteiger partial charge in [-0.05, 0) is 68.2 Å². The molecular formula is C23H27NO4. The van der Waals surface area contributed by atoms with Gasteiger partial charge in [-0.2, -0.15) is 0 Å². The van der Waals surface area contributed by atoms with E-state index in [1.54, 1.807) is 6.08 Å². The van der Waals surface area contributed by atoms with Crippen LogP contribution in [0.25, 0.3) is 6.08 Å². The maximum atomic E-state index is 12.0. The predicted octanol–water partition coefficient (Wildman–Crippen LogP) is 4.14. The van der Waals surface area contributed by atoms with Gasteiger partial charge in [0, 0.05) is 6.08 Å². The van der Waals surface area contributed by atoms with E-state index in [2.05, 4.69) is 5.32 Å². The number of rotatable bonds is 8. The van der Waals surface area contributed by atoms with Gasteiger partial charge in [0.05, 0.1) is 12.6 Å². The number of nitrogens with one attached hydrogen (secondary N) is 1. The van der Waals surface area contributed by atoms with Crippen LogP contribution in [0.2, 0.25) is 0 Å². The Morgan fingerprint density at radius 1 is 1.07 bits per heavy atom. The largest absolute Gasteiger partial charge is 0.494 e. The average Bonchev–Trinajstić information content (AvgIpc) is 2.68. The van der Waals surface area contributed by atoms with Crippen LogP contribution in [0, 0.1) is 13.8 Å². The zero-order valence-corrected chi connectivity index (χ0v) is 16.8. The van der Waals surface area contributed by atoms with Crippen molar-refractivity contribution in [2.24, 2.45) is 0 Å². The monoisotopic (exact) mass is 381 g/mol. The molecule has 0 bridgehead atoms. The highest BCUT2D eigenvalue weighted by molar-refractivity contribution is 5.89. The van der Waals surface area contributed by atoms with E-state index in [4.69, 9.17) is 9.47 Å². The Morgan fingerprint density at radius 3 is 2.43 bits per heavy atom. The summed E-state index contributed by atoms with van der Waals surface area (Å²) in [5.74, 6) is -0.131. The summed E-state index contributed by atoms with van der Waals surface area (Å²) in [4.78, 5) is 23.8. The molecule has 2 aromatic carbocycles. The number of carbonyl (C=O) groups is 2. The van der Waals surface area contributed by atoms with Gasteiger partial charge in [0.15, 0.2) is 6.61 Å². The van der Waals surface area contributed by atoms with Crippen molar-refractivity contribution in [1.82, 2.24) is 5.32 Å². The van der Waals surface area contributed by atoms with Gasteiger partial charge >= 0.3 is 5.97 Å². The molecule has 2 aromatic rings. The highest BCUT2D eigenvalue weighted by Gasteiger charge is 2.11. The van der Waals surface area contributed by atoms with Crippen molar-refractivity contribution in [3.05, 3.63) is 70.8 Å². The zero-order valence-electron chi connectivity index (χ0n) is 16.8. The van der Waals surface area contributed by atoms with Crippen LogP contribution in [0.1, 0.15) is 42.1 Å². The van der Waals surface area contributed by atoms with Gasteiger partial charge in [0.1, 0.15) is 5.75 Å². The van der Waals surface area contributed by atoms with Crippen LogP contribution in [0.4, 0.5) is 0 Å². The molecule has 0 radical (unpaired) electrons. The lowest BCUT2D eigenvalue weighted by Gasteiger charge is -2.15. The lowest BCUT2D eigenvalue weighted by Crippen LogP contribution is -2.31. The summed E-state index contributed by atoms with van der Waals surface area (Å²) >= 11 is 0. The fourth-order valence-electron chi connectivity index (χ4n) is 2.59. The molecule has 28 heavy (non-hydrogen) atoms. The van der Waals surface area contributed by atoms with Crippen molar-refractivity contribution in [2.75, 3.05) is 13.2 Å². The Hall–Kier alpha value is -3.08. The molecule has 1 N–H and O–H groups in total. The topological polar surface area (TPSA) is 64.6 Å². The first-order chi connectivity index (χ1) is 13.4. The number of aryl methyl sites for hydroxylation is 2. The SMILES string of the molecule is CCOc1ccc(/C=C/C(=O)OCC(=O)N[C@@H](C)c2ccc(C)c(C)c2)cc1. The third kappa shape index (κ3) is 6.58. The molecular weight excluding hydrogens is 354 g/mol. The van der Waals surface area contributed by atoms with Gasteiger partial charge in [0.2, 0.25) is 0 Å². The highest BCUT2D eigenvalue weighted by atomic mass is 16.5. The molecule has 148 valence electrons. The van der Waals surface area contributed by atoms with Crippen molar-refractivity contribution >= 4 is 18.0 Å². The third-order valence-corrected chi connectivity index (χ3v) is 4.36. The molecule has 0 saturated carbocycles. The normalized spacial score (nSPS) is 11.9. The lowest BCUT2D eigenvalue weighted by atomic mass is 10.0. The first-order valence-electron chi connectivity index (χ1n) is 9.33. The molecule has 0 unspecified atom stereocenters. The number of carbonyl (C=O) groups excluding carboxylic acids is 2. The van der Waals surface area contributed by atoms with Crippen molar-refractivity contribution in [1.29, 1.82) is 0 Å². The van der Waals surface area contributed by atoms with Crippen LogP contribution in [0.3, 0.4) is 0 Å². The molecule has 0 aliphatic heterocycles. The Kier molecular flexibility index (Phi) is 7.81. The van der Waals surface area contributed by atoms with Crippen LogP contribution in [0.15, 0.2) is 48.5 Å². The van der Waals surface area contributed by atoms with Gasteiger partial charge in [-0.25, -0.2) is 4.79 Å². The first kappa shape index (κ1) is 21.2. The smallest absolute Gasteiger partial charge is 0.331 e. The van der Waals surface area contributed by atoms with E-state index in [0.717, 1.165) is 16.9 Å². The molecule has 0 aliphatic carbocycles. The van der Waals surface area contributed by atoms with Crippen molar-refractivity contribution in [2.45, 2.75) is 33.7 Å². The summed E-state index contributed by atoms with van der Waals surface area (Å²) in [5, 5.41) is 2.84. The number of ether oxygens (including phenoxy) is 2. The minimum atomic E-state index is -0.567. The zero-order chi connectivity index (χ0) is 20.5. The maximum absolute atomic E-state index is 12.0. The average molecular weight is 381 g/mol. The number of esters is 1. The van der Waals surface area contributed by atoms with E-state index >= 15 is 0 Å². The van der Waals surface area contributed by atoms with E-state index in [-0.39, 0.29) is 18.6 Å². The predicted molar refractivity (Wildman–Crippen MR) is 110 cm³/mol. The van der Waals surface area contributed by atoms with Gasteiger partial charge < -0.3 is 14.8 Å². The van der Waals surface area contributed by atoms with Gasteiger partial charge in [-0.15, -0.1) is 0 Å². The molecule has 1 atom stereocenters. The van der Waals surface area contributed by atoms with Crippen LogP contribution in [-0.2, 0) is 14.3 Å². The van der Waals surface area contributed by atoms with Crippen LogP contribution >= 0.6 is 0 Å². The Morgan fingerprint density at radius 2 is 1.79 bits per heavy atom. The van der Waals surface area contributed by atoms with E-state index < -0.39 is 5.97 Å². The van der Waals surface area contributed by atoms with E-state index in [1.165, 1.54) is 17.2 Å². The van der Waals surface area contributed by atoms with Crippen LogP contribution in [-0.4, -0.2) is 25.1 Å².